The van der Waals surface area contributed by atoms with E-state index in [9.17, 15) is 10.1 Å². The first kappa shape index (κ1) is 15.8. The highest BCUT2D eigenvalue weighted by molar-refractivity contribution is 9.10. The summed E-state index contributed by atoms with van der Waals surface area (Å²) in [7, 11) is 0. The van der Waals surface area contributed by atoms with Gasteiger partial charge in [0.05, 0.1) is 15.5 Å². The second-order valence-corrected chi connectivity index (χ2v) is 5.61. The van der Waals surface area contributed by atoms with Crippen molar-refractivity contribution >= 4 is 33.2 Å². The zero-order valence-electron chi connectivity index (χ0n) is 10.9. The molecule has 0 radical (unpaired) electrons. The number of rotatable bonds is 5. The predicted molar refractivity (Wildman–Crippen MR) is 84.5 cm³/mol. The molecule has 0 amide bonds. The molecular formula is C14H12BrClN2O3. The zero-order chi connectivity index (χ0) is 15.4. The monoisotopic (exact) mass is 370 g/mol. The fourth-order valence-electron chi connectivity index (χ4n) is 1.77. The van der Waals surface area contributed by atoms with E-state index in [1.165, 1.54) is 6.07 Å². The van der Waals surface area contributed by atoms with Gasteiger partial charge < -0.3 is 10.5 Å². The van der Waals surface area contributed by atoms with Gasteiger partial charge in [0.2, 0.25) is 0 Å². The van der Waals surface area contributed by atoms with E-state index in [1.807, 2.05) is 0 Å². The Kier molecular flexibility index (Phi) is 5.17. The van der Waals surface area contributed by atoms with Crippen LogP contribution in [0.5, 0.6) is 5.75 Å². The Bertz CT molecular complexity index is 679. The lowest BCUT2D eigenvalue weighted by Gasteiger charge is -2.09. The van der Waals surface area contributed by atoms with E-state index in [4.69, 9.17) is 22.1 Å². The highest BCUT2D eigenvalue weighted by atomic mass is 79.9. The summed E-state index contributed by atoms with van der Waals surface area (Å²) >= 11 is 9.29. The fraction of sp³-hybridized carbons (Fsp3) is 0.143. The molecular weight excluding hydrogens is 360 g/mol. The second kappa shape index (κ2) is 6.89. The molecule has 0 heterocycles. The van der Waals surface area contributed by atoms with Gasteiger partial charge in [-0.1, -0.05) is 33.6 Å². The molecule has 0 unspecified atom stereocenters. The van der Waals surface area contributed by atoms with Crippen LogP contribution in [0.3, 0.4) is 0 Å². The van der Waals surface area contributed by atoms with Crippen molar-refractivity contribution in [1.82, 2.24) is 0 Å². The number of ether oxygens (including phenoxy) is 1. The van der Waals surface area contributed by atoms with E-state index in [0.717, 1.165) is 5.56 Å². The first-order valence-electron chi connectivity index (χ1n) is 6.05. The molecule has 110 valence electrons. The maximum absolute atomic E-state index is 11.0. The SMILES string of the molecule is NCc1ccc(OCc2ccc(Br)cc2[N+](=O)[O-])c(Cl)c1. The first-order valence-corrected chi connectivity index (χ1v) is 7.22. The van der Waals surface area contributed by atoms with Crippen LogP contribution in [0.4, 0.5) is 5.69 Å². The van der Waals surface area contributed by atoms with Gasteiger partial charge >= 0.3 is 0 Å². The van der Waals surface area contributed by atoms with Crippen LogP contribution in [0.2, 0.25) is 5.02 Å². The largest absolute Gasteiger partial charge is 0.487 e. The third kappa shape index (κ3) is 3.93. The van der Waals surface area contributed by atoms with Crippen molar-refractivity contribution in [3.05, 3.63) is 67.1 Å². The van der Waals surface area contributed by atoms with Crippen LogP contribution in [0, 0.1) is 10.1 Å². The molecule has 0 aliphatic carbocycles. The van der Waals surface area contributed by atoms with Crippen LogP contribution in [0.1, 0.15) is 11.1 Å². The summed E-state index contributed by atoms with van der Waals surface area (Å²) in [4.78, 5) is 10.6. The molecule has 0 aliphatic rings. The minimum absolute atomic E-state index is 0.000856. The minimum Gasteiger partial charge on any atom is -0.487 e. The van der Waals surface area contributed by atoms with Crippen molar-refractivity contribution in [2.75, 3.05) is 0 Å². The van der Waals surface area contributed by atoms with Crippen molar-refractivity contribution in [3.63, 3.8) is 0 Å². The maximum Gasteiger partial charge on any atom is 0.277 e. The van der Waals surface area contributed by atoms with Gasteiger partial charge in [0, 0.05) is 17.1 Å². The Morgan fingerprint density at radius 3 is 2.67 bits per heavy atom. The molecule has 0 bridgehead atoms. The molecule has 0 spiro atoms. The maximum atomic E-state index is 11.0. The van der Waals surface area contributed by atoms with Crippen LogP contribution in [-0.2, 0) is 13.2 Å². The topological polar surface area (TPSA) is 78.4 Å². The van der Waals surface area contributed by atoms with E-state index in [1.54, 1.807) is 30.3 Å². The Morgan fingerprint density at radius 2 is 2.05 bits per heavy atom. The number of benzene rings is 2. The second-order valence-electron chi connectivity index (χ2n) is 4.29. The first-order chi connectivity index (χ1) is 10.0. The fourth-order valence-corrected chi connectivity index (χ4v) is 2.38. The van der Waals surface area contributed by atoms with Gasteiger partial charge in [0.25, 0.3) is 5.69 Å². The molecule has 7 heteroatoms. The van der Waals surface area contributed by atoms with Gasteiger partial charge in [-0.3, -0.25) is 10.1 Å². The van der Waals surface area contributed by atoms with E-state index < -0.39 is 4.92 Å². The van der Waals surface area contributed by atoms with E-state index in [-0.39, 0.29) is 12.3 Å². The summed E-state index contributed by atoms with van der Waals surface area (Å²) in [6.07, 6.45) is 0. The van der Waals surface area contributed by atoms with E-state index in [0.29, 0.717) is 27.4 Å². The average molecular weight is 372 g/mol. The molecule has 2 aromatic carbocycles. The molecule has 2 N–H and O–H groups in total. The summed E-state index contributed by atoms with van der Waals surface area (Å²) in [5.41, 5.74) is 6.89. The van der Waals surface area contributed by atoms with E-state index >= 15 is 0 Å². The van der Waals surface area contributed by atoms with Crippen LogP contribution in [0.25, 0.3) is 0 Å². The number of nitro groups is 1. The summed E-state index contributed by atoms with van der Waals surface area (Å²) in [5.74, 6) is 0.464. The molecule has 2 rings (SSSR count). The van der Waals surface area contributed by atoms with Gasteiger partial charge in [0.1, 0.15) is 12.4 Å². The highest BCUT2D eigenvalue weighted by Gasteiger charge is 2.15. The van der Waals surface area contributed by atoms with Crippen LogP contribution in [0.15, 0.2) is 40.9 Å². The Hall–Kier alpha value is -1.63. The Balaban J connectivity index is 2.18. The molecule has 0 saturated carbocycles. The molecule has 2 aromatic rings. The standard InChI is InChI=1S/C14H12BrClN2O3/c15-11-3-2-10(13(6-11)18(19)20)8-21-14-4-1-9(7-17)5-12(14)16/h1-6H,7-8,17H2. The van der Waals surface area contributed by atoms with Crippen LogP contribution in [-0.4, -0.2) is 4.92 Å². The Morgan fingerprint density at radius 1 is 1.29 bits per heavy atom. The average Bonchev–Trinajstić information content (AvgIpc) is 2.46. The highest BCUT2D eigenvalue weighted by Crippen LogP contribution is 2.28. The van der Waals surface area contributed by atoms with Crippen molar-refractivity contribution in [1.29, 1.82) is 0 Å². The molecule has 0 fully saturated rings. The van der Waals surface area contributed by atoms with Gasteiger partial charge in [0.15, 0.2) is 0 Å². The summed E-state index contributed by atoms with van der Waals surface area (Å²) < 4.78 is 6.20. The lowest BCUT2D eigenvalue weighted by molar-refractivity contribution is -0.385. The van der Waals surface area contributed by atoms with Gasteiger partial charge in [-0.2, -0.15) is 0 Å². The number of nitrogens with zero attached hydrogens (tertiary/aromatic N) is 1. The quantitative estimate of drug-likeness (QED) is 0.635. The van der Waals surface area contributed by atoms with Crippen molar-refractivity contribution in [2.24, 2.45) is 5.73 Å². The van der Waals surface area contributed by atoms with Crippen LogP contribution >= 0.6 is 27.5 Å². The molecule has 0 saturated heterocycles. The number of nitro benzene ring substituents is 1. The molecule has 5 nitrogen and oxygen atoms in total. The third-order valence-electron chi connectivity index (χ3n) is 2.86. The van der Waals surface area contributed by atoms with Crippen LogP contribution < -0.4 is 10.5 Å². The smallest absolute Gasteiger partial charge is 0.277 e. The zero-order valence-corrected chi connectivity index (χ0v) is 13.2. The van der Waals surface area contributed by atoms with Gasteiger partial charge in [-0.15, -0.1) is 0 Å². The summed E-state index contributed by atoms with van der Waals surface area (Å²) in [6.45, 7) is 0.448. The normalized spacial score (nSPS) is 10.4. The van der Waals surface area contributed by atoms with Crippen molar-refractivity contribution < 1.29 is 9.66 Å². The van der Waals surface area contributed by atoms with Gasteiger partial charge in [-0.05, 0) is 29.8 Å². The number of halogens is 2. The number of hydrogen-bond acceptors (Lipinski definition) is 4. The predicted octanol–water partition coefficient (Wildman–Crippen LogP) is 4.05. The number of hydrogen-bond donors (Lipinski definition) is 1. The molecule has 0 atom stereocenters. The van der Waals surface area contributed by atoms with Crippen molar-refractivity contribution in [2.45, 2.75) is 13.2 Å². The lowest BCUT2D eigenvalue weighted by atomic mass is 10.2. The number of nitrogens with two attached hydrogens (primary N) is 1. The lowest BCUT2D eigenvalue weighted by Crippen LogP contribution is -2.02. The van der Waals surface area contributed by atoms with E-state index in [2.05, 4.69) is 15.9 Å². The molecule has 0 aromatic heterocycles. The van der Waals surface area contributed by atoms with Crippen molar-refractivity contribution in [3.8, 4) is 5.75 Å². The minimum atomic E-state index is -0.442. The van der Waals surface area contributed by atoms with Gasteiger partial charge in [-0.25, -0.2) is 0 Å². The molecule has 21 heavy (non-hydrogen) atoms. The summed E-state index contributed by atoms with van der Waals surface area (Å²) in [6, 6.07) is 10.0. The Labute approximate surface area is 134 Å². The third-order valence-corrected chi connectivity index (χ3v) is 3.65. The summed E-state index contributed by atoms with van der Waals surface area (Å²) in [5, 5.41) is 11.5. The molecule has 0 aliphatic heterocycles.